The first-order valence-corrected chi connectivity index (χ1v) is 8.06. The standard InChI is InChI=1S/C11H23NO3S/c1-3-11(13)10-4-6-12(7-5-10)8-9-16(2,14)15/h10-11,13H,3-9H2,1-2H3. The molecule has 0 aromatic rings. The first kappa shape index (κ1) is 13.9. The summed E-state index contributed by atoms with van der Waals surface area (Å²) in [7, 11) is -2.85. The highest BCUT2D eigenvalue weighted by Gasteiger charge is 2.24. The van der Waals surface area contributed by atoms with E-state index in [2.05, 4.69) is 4.90 Å². The number of aliphatic hydroxyl groups excluding tert-OH is 1. The molecule has 1 unspecified atom stereocenters. The highest BCUT2D eigenvalue weighted by atomic mass is 32.2. The first-order valence-electron chi connectivity index (χ1n) is 6.00. The SMILES string of the molecule is CCC(O)C1CCN(CCS(C)(=O)=O)CC1. The van der Waals surface area contributed by atoms with E-state index in [0.717, 1.165) is 32.4 Å². The van der Waals surface area contributed by atoms with Crippen LogP contribution in [-0.4, -0.2) is 56.2 Å². The fourth-order valence-electron chi connectivity index (χ4n) is 2.19. The summed E-state index contributed by atoms with van der Waals surface area (Å²) < 4.78 is 22.1. The fourth-order valence-corrected chi connectivity index (χ4v) is 2.78. The maximum absolute atomic E-state index is 11.0. The number of piperidine rings is 1. The van der Waals surface area contributed by atoms with Gasteiger partial charge in [0.05, 0.1) is 11.9 Å². The van der Waals surface area contributed by atoms with Gasteiger partial charge in [-0.1, -0.05) is 6.92 Å². The zero-order chi connectivity index (χ0) is 12.2. The molecule has 0 spiro atoms. The molecular formula is C11H23NO3S. The van der Waals surface area contributed by atoms with Gasteiger partial charge in [0.15, 0.2) is 0 Å². The Bertz CT molecular complexity index is 294. The van der Waals surface area contributed by atoms with Gasteiger partial charge in [0.2, 0.25) is 0 Å². The highest BCUT2D eigenvalue weighted by Crippen LogP contribution is 2.22. The molecule has 1 rings (SSSR count). The molecule has 1 N–H and O–H groups in total. The van der Waals surface area contributed by atoms with E-state index in [4.69, 9.17) is 0 Å². The Morgan fingerprint density at radius 2 is 1.94 bits per heavy atom. The molecule has 0 aromatic heterocycles. The number of hydrogen-bond acceptors (Lipinski definition) is 4. The third kappa shape index (κ3) is 4.80. The summed E-state index contributed by atoms with van der Waals surface area (Å²) >= 11 is 0. The topological polar surface area (TPSA) is 57.6 Å². The third-order valence-corrected chi connectivity index (χ3v) is 4.30. The molecule has 0 radical (unpaired) electrons. The number of sulfone groups is 1. The molecule has 5 heteroatoms. The van der Waals surface area contributed by atoms with Gasteiger partial charge in [-0.2, -0.15) is 0 Å². The zero-order valence-electron chi connectivity index (χ0n) is 10.2. The van der Waals surface area contributed by atoms with Crippen LogP contribution in [0.5, 0.6) is 0 Å². The number of nitrogens with zero attached hydrogens (tertiary/aromatic N) is 1. The van der Waals surface area contributed by atoms with E-state index in [0.29, 0.717) is 12.5 Å². The molecule has 96 valence electrons. The minimum atomic E-state index is -2.85. The molecule has 1 aliphatic rings. The lowest BCUT2D eigenvalue weighted by atomic mass is 9.90. The summed E-state index contributed by atoms with van der Waals surface area (Å²) in [5.41, 5.74) is 0. The quantitative estimate of drug-likeness (QED) is 0.771. The van der Waals surface area contributed by atoms with E-state index >= 15 is 0 Å². The van der Waals surface area contributed by atoms with E-state index in [-0.39, 0.29) is 11.9 Å². The van der Waals surface area contributed by atoms with Crippen LogP contribution in [0.4, 0.5) is 0 Å². The van der Waals surface area contributed by atoms with Gasteiger partial charge in [-0.05, 0) is 38.3 Å². The van der Waals surface area contributed by atoms with Crippen molar-refractivity contribution >= 4 is 9.84 Å². The molecule has 16 heavy (non-hydrogen) atoms. The number of hydrogen-bond donors (Lipinski definition) is 1. The van der Waals surface area contributed by atoms with E-state index in [9.17, 15) is 13.5 Å². The number of likely N-dealkylation sites (tertiary alicyclic amines) is 1. The molecule has 0 bridgehead atoms. The zero-order valence-corrected chi connectivity index (χ0v) is 11.0. The Balaban J connectivity index is 2.27. The van der Waals surface area contributed by atoms with Crippen molar-refractivity contribution in [3.8, 4) is 0 Å². The van der Waals surface area contributed by atoms with E-state index < -0.39 is 9.84 Å². The highest BCUT2D eigenvalue weighted by molar-refractivity contribution is 7.90. The van der Waals surface area contributed by atoms with Crippen molar-refractivity contribution in [1.82, 2.24) is 4.90 Å². The molecular weight excluding hydrogens is 226 g/mol. The second-order valence-electron chi connectivity index (χ2n) is 4.78. The summed E-state index contributed by atoms with van der Waals surface area (Å²) in [6.07, 6.45) is 3.88. The largest absolute Gasteiger partial charge is 0.393 e. The summed E-state index contributed by atoms with van der Waals surface area (Å²) in [6, 6.07) is 0. The lowest BCUT2D eigenvalue weighted by molar-refractivity contribution is 0.0586. The van der Waals surface area contributed by atoms with E-state index in [1.165, 1.54) is 6.26 Å². The first-order chi connectivity index (χ1) is 7.42. The Morgan fingerprint density at radius 3 is 2.38 bits per heavy atom. The van der Waals surface area contributed by atoms with Crippen LogP contribution in [0, 0.1) is 5.92 Å². The smallest absolute Gasteiger partial charge is 0.148 e. The van der Waals surface area contributed by atoms with Crippen molar-refractivity contribution in [1.29, 1.82) is 0 Å². The molecule has 0 aromatic carbocycles. The van der Waals surface area contributed by atoms with E-state index in [1.54, 1.807) is 0 Å². The Morgan fingerprint density at radius 1 is 1.38 bits per heavy atom. The van der Waals surface area contributed by atoms with Gasteiger partial charge in [-0.3, -0.25) is 0 Å². The lowest BCUT2D eigenvalue weighted by Crippen LogP contribution is -2.39. The normalized spacial score (nSPS) is 22.2. The fraction of sp³-hybridized carbons (Fsp3) is 1.00. The molecule has 1 aliphatic heterocycles. The number of aliphatic hydroxyl groups is 1. The van der Waals surface area contributed by atoms with Gasteiger partial charge in [-0.15, -0.1) is 0 Å². The van der Waals surface area contributed by atoms with Crippen molar-refractivity contribution in [2.24, 2.45) is 5.92 Å². The van der Waals surface area contributed by atoms with Gasteiger partial charge < -0.3 is 10.0 Å². The third-order valence-electron chi connectivity index (χ3n) is 3.37. The van der Waals surface area contributed by atoms with Crippen molar-refractivity contribution in [3.05, 3.63) is 0 Å². The van der Waals surface area contributed by atoms with Crippen LogP contribution in [0.15, 0.2) is 0 Å². The molecule has 1 fully saturated rings. The minimum Gasteiger partial charge on any atom is -0.393 e. The average molecular weight is 249 g/mol. The van der Waals surface area contributed by atoms with E-state index in [1.807, 2.05) is 6.92 Å². The van der Waals surface area contributed by atoms with Gasteiger partial charge in [-0.25, -0.2) is 8.42 Å². The van der Waals surface area contributed by atoms with Crippen LogP contribution in [0.3, 0.4) is 0 Å². The second kappa shape index (κ2) is 5.98. The van der Waals surface area contributed by atoms with Crippen molar-refractivity contribution < 1.29 is 13.5 Å². The summed E-state index contributed by atoms with van der Waals surface area (Å²) in [6.45, 7) is 4.46. The van der Waals surface area contributed by atoms with Crippen LogP contribution in [-0.2, 0) is 9.84 Å². The Hall–Kier alpha value is -0.130. The van der Waals surface area contributed by atoms with Crippen molar-refractivity contribution in [2.45, 2.75) is 32.3 Å². The van der Waals surface area contributed by atoms with Crippen LogP contribution < -0.4 is 0 Å². The van der Waals surface area contributed by atoms with Gasteiger partial charge >= 0.3 is 0 Å². The van der Waals surface area contributed by atoms with Crippen LogP contribution >= 0.6 is 0 Å². The predicted octanol–water partition coefficient (Wildman–Crippen LogP) is 0.514. The summed E-state index contributed by atoms with van der Waals surface area (Å²) in [5.74, 6) is 0.646. The Kier molecular flexibility index (Phi) is 5.21. The van der Waals surface area contributed by atoms with Crippen molar-refractivity contribution in [2.75, 3.05) is 31.6 Å². The van der Waals surface area contributed by atoms with Gasteiger partial charge in [0, 0.05) is 12.8 Å². The Labute approximate surface area is 98.6 Å². The van der Waals surface area contributed by atoms with Crippen LogP contribution in [0.25, 0.3) is 0 Å². The summed E-state index contributed by atoms with van der Waals surface area (Å²) in [5, 5.41) is 9.71. The van der Waals surface area contributed by atoms with Gasteiger partial charge in [0.1, 0.15) is 9.84 Å². The molecule has 1 atom stereocenters. The maximum atomic E-state index is 11.0. The summed E-state index contributed by atoms with van der Waals surface area (Å²) in [4.78, 5) is 2.18. The monoisotopic (exact) mass is 249 g/mol. The molecule has 0 amide bonds. The molecule has 0 saturated carbocycles. The predicted molar refractivity (Wildman–Crippen MR) is 65.2 cm³/mol. The van der Waals surface area contributed by atoms with Crippen LogP contribution in [0.1, 0.15) is 26.2 Å². The second-order valence-corrected chi connectivity index (χ2v) is 7.04. The molecule has 1 saturated heterocycles. The van der Waals surface area contributed by atoms with Crippen molar-refractivity contribution in [3.63, 3.8) is 0 Å². The number of rotatable bonds is 5. The van der Waals surface area contributed by atoms with Crippen LogP contribution in [0.2, 0.25) is 0 Å². The molecule has 4 nitrogen and oxygen atoms in total. The lowest BCUT2D eigenvalue weighted by Gasteiger charge is -2.33. The molecule has 1 heterocycles. The van der Waals surface area contributed by atoms with Gasteiger partial charge in [0.25, 0.3) is 0 Å². The maximum Gasteiger partial charge on any atom is 0.148 e. The average Bonchev–Trinajstić information content (AvgIpc) is 2.25. The minimum absolute atomic E-state index is 0.183. The molecule has 0 aliphatic carbocycles.